The van der Waals surface area contributed by atoms with E-state index in [1.54, 1.807) is 30.3 Å². The summed E-state index contributed by atoms with van der Waals surface area (Å²) in [4.78, 5) is 0.217. The van der Waals surface area contributed by atoms with Crippen molar-refractivity contribution in [2.75, 3.05) is 6.26 Å². The van der Waals surface area contributed by atoms with Crippen LogP contribution in [0.2, 0.25) is 0 Å². The highest BCUT2D eigenvalue weighted by Crippen LogP contribution is 2.25. The van der Waals surface area contributed by atoms with Gasteiger partial charge >= 0.3 is 10.1 Å². The van der Waals surface area contributed by atoms with Crippen LogP contribution >= 0.6 is 0 Å². The van der Waals surface area contributed by atoms with Crippen LogP contribution in [0.3, 0.4) is 0 Å². The lowest BCUT2D eigenvalue weighted by atomic mass is 10.1. The summed E-state index contributed by atoms with van der Waals surface area (Å²) in [6, 6.07) is 28.5. The van der Waals surface area contributed by atoms with E-state index >= 15 is 0 Å². The minimum atomic E-state index is -3.82. The molecule has 0 unspecified atom stereocenters. The molecule has 4 rings (SSSR count). The topological polar surface area (TPSA) is 80.8 Å². The average molecular weight is 482 g/mol. The van der Waals surface area contributed by atoms with Crippen molar-refractivity contribution >= 4 is 30.9 Å². The summed E-state index contributed by atoms with van der Waals surface area (Å²) in [6.07, 6.45) is 0.971. The third-order valence-electron chi connectivity index (χ3n) is 5.09. The third kappa shape index (κ3) is 5.78. The Balaban J connectivity index is 1.68. The van der Waals surface area contributed by atoms with Gasteiger partial charge in [0.2, 0.25) is 10.0 Å². The summed E-state index contributed by atoms with van der Waals surface area (Å²) in [5, 5.41) is 1.81. The molecule has 0 fully saturated rings. The van der Waals surface area contributed by atoms with Crippen LogP contribution in [0.1, 0.15) is 11.1 Å². The van der Waals surface area contributed by atoms with Gasteiger partial charge in [0, 0.05) is 13.1 Å². The molecule has 0 saturated heterocycles. The van der Waals surface area contributed by atoms with Crippen molar-refractivity contribution in [1.82, 2.24) is 4.31 Å². The number of rotatable bonds is 8. The molecule has 0 atom stereocenters. The molecule has 4 aromatic rings. The first-order valence-corrected chi connectivity index (χ1v) is 13.5. The highest BCUT2D eigenvalue weighted by Gasteiger charge is 2.25. The van der Waals surface area contributed by atoms with E-state index in [1.807, 2.05) is 54.6 Å². The minimum Gasteiger partial charge on any atom is -0.383 e. The van der Waals surface area contributed by atoms with E-state index in [1.165, 1.54) is 16.4 Å². The maximum atomic E-state index is 13.7. The first-order valence-electron chi connectivity index (χ1n) is 10.2. The van der Waals surface area contributed by atoms with Gasteiger partial charge in [-0.15, -0.1) is 0 Å². The van der Waals surface area contributed by atoms with Crippen LogP contribution in [-0.2, 0) is 33.2 Å². The summed E-state index contributed by atoms with van der Waals surface area (Å²) < 4.78 is 56.3. The van der Waals surface area contributed by atoms with Crippen molar-refractivity contribution < 1.29 is 21.0 Å². The molecule has 0 aromatic heterocycles. The molecule has 0 bridgehead atoms. The van der Waals surface area contributed by atoms with Gasteiger partial charge in [0.15, 0.2) is 0 Å². The van der Waals surface area contributed by atoms with E-state index in [9.17, 15) is 16.8 Å². The number of fused-ring (bicyclic) bond motifs is 1. The lowest BCUT2D eigenvalue weighted by molar-refractivity contribution is 0.401. The number of benzene rings is 4. The van der Waals surface area contributed by atoms with E-state index in [2.05, 4.69) is 0 Å². The van der Waals surface area contributed by atoms with Crippen molar-refractivity contribution in [1.29, 1.82) is 0 Å². The molecule has 8 heteroatoms. The van der Waals surface area contributed by atoms with Gasteiger partial charge in [-0.1, -0.05) is 72.8 Å². The fraction of sp³-hybridized carbons (Fsp3) is 0.120. The standard InChI is InChI=1S/C25H23NO5S2/c1-32(27,28)31-24-14-11-21(12-15-24)19-26(18-20-7-3-2-4-8-20)33(29,30)25-16-13-22-9-5-6-10-23(22)17-25/h2-17H,18-19H2,1H3. The van der Waals surface area contributed by atoms with Gasteiger partial charge in [0.05, 0.1) is 11.2 Å². The van der Waals surface area contributed by atoms with Crippen LogP contribution in [-0.4, -0.2) is 27.4 Å². The molecule has 0 aliphatic carbocycles. The van der Waals surface area contributed by atoms with Crippen LogP contribution in [0.15, 0.2) is 102 Å². The summed E-state index contributed by atoms with van der Waals surface area (Å²) in [5.41, 5.74) is 1.56. The van der Waals surface area contributed by atoms with Gasteiger partial charge in [0.25, 0.3) is 0 Å². The van der Waals surface area contributed by atoms with Crippen LogP contribution in [0.5, 0.6) is 5.75 Å². The number of sulfonamides is 1. The zero-order valence-electron chi connectivity index (χ0n) is 18.0. The molecule has 0 saturated carbocycles. The SMILES string of the molecule is CS(=O)(=O)Oc1ccc(CN(Cc2ccccc2)S(=O)(=O)c2ccc3ccccc3c2)cc1. The summed E-state index contributed by atoms with van der Waals surface area (Å²) >= 11 is 0. The Morgan fingerprint density at radius 3 is 1.88 bits per heavy atom. The molecule has 0 radical (unpaired) electrons. The zero-order chi connectivity index (χ0) is 23.5. The van der Waals surface area contributed by atoms with E-state index < -0.39 is 20.1 Å². The zero-order valence-corrected chi connectivity index (χ0v) is 19.6. The maximum absolute atomic E-state index is 13.7. The second-order valence-corrected chi connectivity index (χ2v) is 11.2. The van der Waals surface area contributed by atoms with Crippen molar-refractivity contribution in [3.63, 3.8) is 0 Å². The number of hydrogen-bond acceptors (Lipinski definition) is 5. The molecule has 4 aromatic carbocycles. The van der Waals surface area contributed by atoms with Gasteiger partial charge in [-0.05, 0) is 46.2 Å². The van der Waals surface area contributed by atoms with Crippen molar-refractivity contribution in [2.24, 2.45) is 0 Å². The smallest absolute Gasteiger partial charge is 0.306 e. The Morgan fingerprint density at radius 2 is 1.24 bits per heavy atom. The van der Waals surface area contributed by atoms with Crippen LogP contribution in [0.4, 0.5) is 0 Å². The summed E-state index contributed by atoms with van der Waals surface area (Å²) in [6.45, 7) is 0.306. The lowest BCUT2D eigenvalue weighted by Crippen LogP contribution is -2.30. The molecule has 33 heavy (non-hydrogen) atoms. The molecule has 0 aliphatic heterocycles. The van der Waals surface area contributed by atoms with Gasteiger partial charge in [-0.3, -0.25) is 0 Å². The van der Waals surface area contributed by atoms with Crippen LogP contribution in [0, 0.1) is 0 Å². The summed E-state index contributed by atoms with van der Waals surface area (Å²) in [5.74, 6) is 0.174. The molecule has 170 valence electrons. The number of hydrogen-bond donors (Lipinski definition) is 0. The van der Waals surface area contributed by atoms with Gasteiger partial charge in [0.1, 0.15) is 5.75 Å². The fourth-order valence-electron chi connectivity index (χ4n) is 3.52. The Morgan fingerprint density at radius 1 is 0.667 bits per heavy atom. The summed E-state index contributed by atoms with van der Waals surface area (Å²) in [7, 11) is -7.46. The average Bonchev–Trinajstić information content (AvgIpc) is 2.79. The maximum Gasteiger partial charge on any atom is 0.306 e. The largest absolute Gasteiger partial charge is 0.383 e. The Labute approximate surface area is 194 Å². The van der Waals surface area contributed by atoms with Gasteiger partial charge in [-0.25, -0.2) is 8.42 Å². The quantitative estimate of drug-likeness (QED) is 0.345. The highest BCUT2D eigenvalue weighted by molar-refractivity contribution is 7.89. The molecule has 0 heterocycles. The minimum absolute atomic E-state index is 0.114. The first kappa shape index (κ1) is 23.0. The second-order valence-electron chi connectivity index (χ2n) is 7.70. The molecular formula is C25H23NO5S2. The Hall–Kier alpha value is -3.20. The van der Waals surface area contributed by atoms with Crippen molar-refractivity contribution in [3.8, 4) is 5.75 Å². The van der Waals surface area contributed by atoms with E-state index in [0.717, 1.165) is 22.6 Å². The van der Waals surface area contributed by atoms with Crippen molar-refractivity contribution in [3.05, 3.63) is 108 Å². The predicted octanol–water partition coefficient (Wildman–Crippen LogP) is 4.57. The highest BCUT2D eigenvalue weighted by atomic mass is 32.2. The number of nitrogens with zero attached hydrogens (tertiary/aromatic N) is 1. The first-order chi connectivity index (χ1) is 15.7. The van der Waals surface area contributed by atoms with Gasteiger partial charge in [-0.2, -0.15) is 12.7 Å². The predicted molar refractivity (Wildman–Crippen MR) is 129 cm³/mol. The normalized spacial score (nSPS) is 12.2. The molecule has 6 nitrogen and oxygen atoms in total. The molecule has 0 aliphatic rings. The molecule has 0 spiro atoms. The molecule has 0 N–H and O–H groups in total. The van der Waals surface area contributed by atoms with E-state index in [0.29, 0.717) is 5.56 Å². The molecule has 0 amide bonds. The molecular weight excluding hydrogens is 458 g/mol. The van der Waals surface area contributed by atoms with Gasteiger partial charge < -0.3 is 4.18 Å². The monoisotopic (exact) mass is 481 g/mol. The van der Waals surface area contributed by atoms with Crippen molar-refractivity contribution in [2.45, 2.75) is 18.0 Å². The van der Waals surface area contributed by atoms with E-state index in [4.69, 9.17) is 4.18 Å². The third-order valence-corrected chi connectivity index (χ3v) is 7.37. The second kappa shape index (κ2) is 9.35. The fourth-order valence-corrected chi connectivity index (χ4v) is 5.43. The Kier molecular flexibility index (Phi) is 6.51. The van der Waals surface area contributed by atoms with Crippen LogP contribution < -0.4 is 4.18 Å². The van der Waals surface area contributed by atoms with E-state index in [-0.39, 0.29) is 23.7 Å². The van der Waals surface area contributed by atoms with Crippen LogP contribution in [0.25, 0.3) is 10.8 Å². The lowest BCUT2D eigenvalue weighted by Gasteiger charge is -2.23. The Bertz CT molecular complexity index is 1470.